The second kappa shape index (κ2) is 12.6. The minimum atomic E-state index is 0.609. The number of anilines is 3. The molecule has 0 aliphatic carbocycles. The van der Waals surface area contributed by atoms with Crippen molar-refractivity contribution in [3.05, 3.63) is 194 Å². The van der Waals surface area contributed by atoms with Crippen LogP contribution in [0.3, 0.4) is 0 Å². The number of furan rings is 1. The first-order valence-corrected chi connectivity index (χ1v) is 18.5. The number of fused-ring (bicyclic) bond motifs is 6. The molecule has 0 N–H and O–H groups in total. The summed E-state index contributed by atoms with van der Waals surface area (Å²) in [5, 5.41) is 6.78. The lowest BCUT2D eigenvalue weighted by Gasteiger charge is -2.26. The molecule has 0 radical (unpaired) electrons. The highest BCUT2D eigenvalue weighted by molar-refractivity contribution is 6.19. The highest BCUT2D eigenvalue weighted by Gasteiger charge is 2.21. The van der Waals surface area contributed by atoms with Crippen molar-refractivity contribution in [3.8, 4) is 33.7 Å². The second-order valence-corrected chi connectivity index (χ2v) is 14.0. The minimum absolute atomic E-state index is 0.609. The lowest BCUT2D eigenvalue weighted by molar-refractivity contribution is 0.620. The van der Waals surface area contributed by atoms with Crippen LogP contribution in [0.5, 0.6) is 0 Å². The standard InChI is InChI=1S/C51H32N2O2/c1-3-11-33(12-4-1)35-19-23-40(24-20-35)53(41-25-21-34-13-7-8-16-37(34)29-41)42-26-28-47-44(32-42)45-30-38-17-9-10-18-43(38)49(50(45)54-47)39-22-27-46-48(31-39)55-51(52-46)36-14-5-2-6-15-36/h1-32H. The number of nitrogens with zero attached hydrogens (tertiary/aromatic N) is 2. The number of rotatable bonds is 6. The molecule has 258 valence electrons. The van der Waals surface area contributed by atoms with Gasteiger partial charge in [-0.3, -0.25) is 0 Å². The highest BCUT2D eigenvalue weighted by atomic mass is 16.3. The van der Waals surface area contributed by atoms with Crippen LogP contribution in [0, 0.1) is 0 Å². The van der Waals surface area contributed by atoms with Gasteiger partial charge in [0, 0.05) is 39.0 Å². The largest absolute Gasteiger partial charge is 0.455 e. The Bertz CT molecular complexity index is 3200. The van der Waals surface area contributed by atoms with Gasteiger partial charge in [-0.2, -0.15) is 0 Å². The first kappa shape index (κ1) is 31.1. The molecule has 0 aliphatic heterocycles. The van der Waals surface area contributed by atoms with Crippen LogP contribution in [0.15, 0.2) is 203 Å². The molecule has 2 heterocycles. The Balaban J connectivity index is 1.09. The predicted octanol–water partition coefficient (Wildman–Crippen LogP) is 14.5. The van der Waals surface area contributed by atoms with E-state index in [-0.39, 0.29) is 0 Å². The van der Waals surface area contributed by atoms with Crippen LogP contribution in [0.25, 0.3) is 88.3 Å². The molecule has 0 unspecified atom stereocenters. The second-order valence-electron chi connectivity index (χ2n) is 14.0. The minimum Gasteiger partial charge on any atom is -0.455 e. The molecule has 2 aromatic heterocycles. The number of hydrogen-bond acceptors (Lipinski definition) is 4. The summed E-state index contributed by atoms with van der Waals surface area (Å²) in [6.07, 6.45) is 0. The molecule has 0 aliphatic rings. The van der Waals surface area contributed by atoms with Crippen LogP contribution in [-0.2, 0) is 0 Å². The molecule has 0 spiro atoms. The third-order valence-electron chi connectivity index (χ3n) is 10.6. The lowest BCUT2D eigenvalue weighted by atomic mass is 9.95. The summed E-state index contributed by atoms with van der Waals surface area (Å²) in [7, 11) is 0. The molecule has 0 saturated carbocycles. The van der Waals surface area contributed by atoms with E-state index in [1.165, 1.54) is 21.9 Å². The molecule has 0 amide bonds. The Hall–Kier alpha value is -7.43. The Morgan fingerprint density at radius 2 is 1.00 bits per heavy atom. The van der Waals surface area contributed by atoms with E-state index in [2.05, 4.69) is 163 Å². The molecule has 9 aromatic carbocycles. The van der Waals surface area contributed by atoms with Crippen molar-refractivity contribution in [3.63, 3.8) is 0 Å². The molecule has 11 aromatic rings. The fraction of sp³-hybridized carbons (Fsp3) is 0. The van der Waals surface area contributed by atoms with Crippen molar-refractivity contribution >= 4 is 71.6 Å². The summed E-state index contributed by atoms with van der Waals surface area (Å²) in [4.78, 5) is 7.13. The molecule has 4 nitrogen and oxygen atoms in total. The molecule has 0 saturated heterocycles. The van der Waals surface area contributed by atoms with Gasteiger partial charge in [0.05, 0.1) is 0 Å². The van der Waals surface area contributed by atoms with Crippen LogP contribution in [0.2, 0.25) is 0 Å². The van der Waals surface area contributed by atoms with E-state index in [1.54, 1.807) is 0 Å². The van der Waals surface area contributed by atoms with Gasteiger partial charge < -0.3 is 13.7 Å². The van der Waals surface area contributed by atoms with Gasteiger partial charge in [0.25, 0.3) is 0 Å². The molecule has 0 atom stereocenters. The van der Waals surface area contributed by atoms with E-state index in [4.69, 9.17) is 13.8 Å². The zero-order chi connectivity index (χ0) is 36.3. The van der Waals surface area contributed by atoms with Crippen LogP contribution >= 0.6 is 0 Å². The number of benzene rings is 9. The predicted molar refractivity (Wildman–Crippen MR) is 227 cm³/mol. The Kier molecular flexibility index (Phi) is 7.14. The third-order valence-corrected chi connectivity index (χ3v) is 10.6. The summed E-state index contributed by atoms with van der Waals surface area (Å²) in [5.41, 5.74) is 11.8. The molecule has 4 heteroatoms. The van der Waals surface area contributed by atoms with Crippen molar-refractivity contribution in [2.75, 3.05) is 4.90 Å². The van der Waals surface area contributed by atoms with Gasteiger partial charge in [-0.25, -0.2) is 4.98 Å². The maximum atomic E-state index is 6.84. The highest BCUT2D eigenvalue weighted by Crippen LogP contribution is 2.45. The molecule has 11 rings (SSSR count). The maximum absolute atomic E-state index is 6.84. The molecular weight excluding hydrogens is 673 g/mol. The Morgan fingerprint density at radius 3 is 1.82 bits per heavy atom. The smallest absolute Gasteiger partial charge is 0.227 e. The van der Waals surface area contributed by atoms with Crippen LogP contribution < -0.4 is 4.90 Å². The van der Waals surface area contributed by atoms with Crippen molar-refractivity contribution in [1.82, 2.24) is 4.98 Å². The van der Waals surface area contributed by atoms with E-state index in [9.17, 15) is 0 Å². The number of aromatic nitrogens is 1. The average molecular weight is 705 g/mol. The average Bonchev–Trinajstić information content (AvgIpc) is 3.85. The van der Waals surface area contributed by atoms with Gasteiger partial charge in [-0.1, -0.05) is 121 Å². The normalized spacial score (nSPS) is 11.6. The molecule has 0 bridgehead atoms. The number of oxazole rings is 1. The van der Waals surface area contributed by atoms with Crippen molar-refractivity contribution < 1.29 is 8.83 Å². The van der Waals surface area contributed by atoms with E-state index in [0.717, 1.165) is 77.6 Å². The maximum Gasteiger partial charge on any atom is 0.227 e. The number of hydrogen-bond donors (Lipinski definition) is 0. The molecule has 0 fully saturated rings. The van der Waals surface area contributed by atoms with Crippen molar-refractivity contribution in [1.29, 1.82) is 0 Å². The summed E-state index contributed by atoms with van der Waals surface area (Å²) >= 11 is 0. The summed E-state index contributed by atoms with van der Waals surface area (Å²) in [6, 6.07) is 68.2. The van der Waals surface area contributed by atoms with Gasteiger partial charge in [0.1, 0.15) is 16.7 Å². The van der Waals surface area contributed by atoms with Crippen LogP contribution in [-0.4, -0.2) is 4.98 Å². The topological polar surface area (TPSA) is 42.4 Å². The first-order valence-electron chi connectivity index (χ1n) is 18.5. The summed E-state index contributed by atoms with van der Waals surface area (Å²) in [5.74, 6) is 0.609. The van der Waals surface area contributed by atoms with Crippen molar-refractivity contribution in [2.24, 2.45) is 0 Å². The van der Waals surface area contributed by atoms with Gasteiger partial charge >= 0.3 is 0 Å². The fourth-order valence-electron chi connectivity index (χ4n) is 7.97. The molecular formula is C51H32N2O2. The summed E-state index contributed by atoms with van der Waals surface area (Å²) < 4.78 is 13.2. The Morgan fingerprint density at radius 1 is 0.364 bits per heavy atom. The summed E-state index contributed by atoms with van der Waals surface area (Å²) in [6.45, 7) is 0. The van der Waals surface area contributed by atoms with Crippen LogP contribution in [0.1, 0.15) is 0 Å². The molecule has 55 heavy (non-hydrogen) atoms. The van der Waals surface area contributed by atoms with Gasteiger partial charge in [0.2, 0.25) is 5.89 Å². The SMILES string of the molecule is c1ccc(-c2ccc(N(c3ccc4ccccc4c3)c3ccc4oc5c(-c6ccc7nc(-c8ccccc8)oc7c6)c6ccccc6cc5c4c3)cc2)cc1. The Labute approximate surface area is 317 Å². The zero-order valence-corrected chi connectivity index (χ0v) is 29.7. The zero-order valence-electron chi connectivity index (χ0n) is 29.7. The van der Waals surface area contributed by atoms with E-state index in [0.29, 0.717) is 5.89 Å². The monoisotopic (exact) mass is 704 g/mol. The van der Waals surface area contributed by atoms with Gasteiger partial charge in [0.15, 0.2) is 5.58 Å². The van der Waals surface area contributed by atoms with Crippen LogP contribution in [0.4, 0.5) is 17.1 Å². The van der Waals surface area contributed by atoms with Gasteiger partial charge in [-0.15, -0.1) is 0 Å². The van der Waals surface area contributed by atoms with Crippen molar-refractivity contribution in [2.45, 2.75) is 0 Å². The lowest BCUT2D eigenvalue weighted by Crippen LogP contribution is -2.09. The van der Waals surface area contributed by atoms with Gasteiger partial charge in [-0.05, 0) is 111 Å². The van der Waals surface area contributed by atoms with E-state index < -0.39 is 0 Å². The quantitative estimate of drug-likeness (QED) is 0.173. The fourth-order valence-corrected chi connectivity index (χ4v) is 7.97. The van der Waals surface area contributed by atoms with E-state index >= 15 is 0 Å². The van der Waals surface area contributed by atoms with E-state index in [1.807, 2.05) is 36.4 Å². The third kappa shape index (κ3) is 5.34. The first-order chi connectivity index (χ1) is 27.2.